The summed E-state index contributed by atoms with van der Waals surface area (Å²) in [6.07, 6.45) is 2.90. The Morgan fingerprint density at radius 1 is 1.24 bits per heavy atom. The van der Waals surface area contributed by atoms with Gasteiger partial charge < -0.3 is 15.4 Å². The summed E-state index contributed by atoms with van der Waals surface area (Å²) in [6, 6.07) is 7.27. The largest absolute Gasteiger partial charge is 0.454 e. The first-order valence-electron chi connectivity index (χ1n) is 8.69. The normalized spacial score (nSPS) is 17.4. The number of ether oxygens (including phenoxy) is 1. The van der Waals surface area contributed by atoms with Gasteiger partial charge in [0.15, 0.2) is 6.61 Å². The van der Waals surface area contributed by atoms with Crippen LogP contribution in [0.5, 0.6) is 0 Å². The van der Waals surface area contributed by atoms with Crippen LogP contribution in [0.1, 0.15) is 50.8 Å². The molecule has 0 heterocycles. The van der Waals surface area contributed by atoms with E-state index in [0.29, 0.717) is 0 Å². The van der Waals surface area contributed by atoms with Crippen molar-refractivity contribution < 1.29 is 19.1 Å². The summed E-state index contributed by atoms with van der Waals surface area (Å²) in [7, 11) is 0. The predicted octanol–water partition coefficient (Wildman–Crippen LogP) is 1.88. The SMILES string of the molecule is CC(=O)NC(C(=O)OCC(=O)NC1CCCc2ccccc21)C(C)C. The molecule has 136 valence electrons. The number of carbonyl (C=O) groups is 3. The van der Waals surface area contributed by atoms with Gasteiger partial charge in [0.2, 0.25) is 5.91 Å². The monoisotopic (exact) mass is 346 g/mol. The number of fused-ring (bicyclic) bond motifs is 1. The van der Waals surface area contributed by atoms with Crippen LogP contribution in [0.2, 0.25) is 0 Å². The molecule has 2 N–H and O–H groups in total. The Hall–Kier alpha value is -2.37. The van der Waals surface area contributed by atoms with Crippen molar-refractivity contribution in [3.63, 3.8) is 0 Å². The molecule has 25 heavy (non-hydrogen) atoms. The highest BCUT2D eigenvalue weighted by Gasteiger charge is 2.26. The quantitative estimate of drug-likeness (QED) is 0.770. The lowest BCUT2D eigenvalue weighted by molar-refractivity contribution is -0.152. The van der Waals surface area contributed by atoms with Gasteiger partial charge in [-0.2, -0.15) is 0 Å². The lowest BCUT2D eigenvalue weighted by Crippen LogP contribution is -2.45. The molecule has 0 fully saturated rings. The van der Waals surface area contributed by atoms with Crippen LogP contribution in [-0.4, -0.2) is 30.4 Å². The predicted molar refractivity (Wildman–Crippen MR) is 93.7 cm³/mol. The molecule has 1 aromatic carbocycles. The minimum absolute atomic E-state index is 0.0487. The maximum atomic E-state index is 12.2. The Morgan fingerprint density at radius 3 is 2.64 bits per heavy atom. The molecule has 2 unspecified atom stereocenters. The fraction of sp³-hybridized carbons (Fsp3) is 0.526. The molecule has 6 nitrogen and oxygen atoms in total. The summed E-state index contributed by atoms with van der Waals surface area (Å²) in [5.41, 5.74) is 2.38. The first-order valence-corrected chi connectivity index (χ1v) is 8.69. The van der Waals surface area contributed by atoms with Gasteiger partial charge in [0, 0.05) is 6.92 Å². The molecule has 1 aliphatic carbocycles. The molecule has 0 spiro atoms. The van der Waals surface area contributed by atoms with Gasteiger partial charge in [-0.1, -0.05) is 38.1 Å². The second kappa shape index (κ2) is 8.65. The summed E-state index contributed by atoms with van der Waals surface area (Å²) < 4.78 is 5.09. The number of nitrogens with one attached hydrogen (secondary N) is 2. The van der Waals surface area contributed by atoms with Crippen LogP contribution in [0, 0.1) is 5.92 Å². The average Bonchev–Trinajstić information content (AvgIpc) is 2.57. The van der Waals surface area contributed by atoms with E-state index in [1.807, 2.05) is 18.2 Å². The highest BCUT2D eigenvalue weighted by atomic mass is 16.5. The molecule has 0 saturated carbocycles. The zero-order chi connectivity index (χ0) is 18.4. The second-order valence-corrected chi connectivity index (χ2v) is 6.74. The Morgan fingerprint density at radius 2 is 1.96 bits per heavy atom. The van der Waals surface area contributed by atoms with Crippen molar-refractivity contribution in [2.45, 2.75) is 52.1 Å². The van der Waals surface area contributed by atoms with Gasteiger partial charge in [0.1, 0.15) is 6.04 Å². The van der Waals surface area contributed by atoms with Crippen molar-refractivity contribution in [1.82, 2.24) is 10.6 Å². The van der Waals surface area contributed by atoms with Crippen molar-refractivity contribution >= 4 is 17.8 Å². The van der Waals surface area contributed by atoms with Crippen LogP contribution in [0.15, 0.2) is 24.3 Å². The molecule has 2 atom stereocenters. The number of hydrogen-bond donors (Lipinski definition) is 2. The van der Waals surface area contributed by atoms with E-state index in [1.165, 1.54) is 12.5 Å². The minimum Gasteiger partial charge on any atom is -0.454 e. The van der Waals surface area contributed by atoms with Crippen LogP contribution in [0.3, 0.4) is 0 Å². The van der Waals surface area contributed by atoms with Crippen molar-refractivity contribution in [1.29, 1.82) is 0 Å². The highest BCUT2D eigenvalue weighted by molar-refractivity contribution is 5.86. The van der Waals surface area contributed by atoms with Gasteiger partial charge in [-0.25, -0.2) is 4.79 Å². The van der Waals surface area contributed by atoms with Crippen LogP contribution < -0.4 is 10.6 Å². The zero-order valence-corrected chi connectivity index (χ0v) is 15.0. The van der Waals surface area contributed by atoms with Crippen molar-refractivity contribution in [2.75, 3.05) is 6.61 Å². The third kappa shape index (κ3) is 5.31. The maximum absolute atomic E-state index is 12.2. The lowest BCUT2D eigenvalue weighted by Gasteiger charge is -2.26. The third-order valence-corrected chi connectivity index (χ3v) is 4.33. The number of benzene rings is 1. The highest BCUT2D eigenvalue weighted by Crippen LogP contribution is 2.29. The van der Waals surface area contributed by atoms with Crippen LogP contribution in [0.4, 0.5) is 0 Å². The second-order valence-electron chi connectivity index (χ2n) is 6.74. The van der Waals surface area contributed by atoms with E-state index in [0.717, 1.165) is 24.8 Å². The topological polar surface area (TPSA) is 84.5 Å². The number of rotatable bonds is 6. The Labute approximate surface area is 148 Å². The van der Waals surface area contributed by atoms with Gasteiger partial charge in [0.05, 0.1) is 6.04 Å². The number of aryl methyl sites for hydroxylation is 1. The first kappa shape index (κ1) is 19.0. The molecule has 1 aliphatic rings. The first-order chi connectivity index (χ1) is 11.9. The molecule has 0 aromatic heterocycles. The third-order valence-electron chi connectivity index (χ3n) is 4.33. The van der Waals surface area contributed by atoms with Crippen molar-refractivity contribution in [2.24, 2.45) is 5.92 Å². The number of carbonyl (C=O) groups excluding carboxylic acids is 3. The molecular formula is C19H26N2O4. The molecule has 0 radical (unpaired) electrons. The fourth-order valence-electron chi connectivity index (χ4n) is 3.08. The minimum atomic E-state index is -0.749. The molecule has 2 rings (SSSR count). The van der Waals surface area contributed by atoms with E-state index in [1.54, 1.807) is 13.8 Å². The van der Waals surface area contributed by atoms with E-state index in [-0.39, 0.29) is 30.4 Å². The Bertz CT molecular complexity index is 642. The standard InChI is InChI=1S/C19H26N2O4/c1-12(2)18(20-13(3)22)19(24)25-11-17(23)21-16-10-6-8-14-7-4-5-9-15(14)16/h4-5,7,9,12,16,18H,6,8,10-11H2,1-3H3,(H,20,22)(H,21,23). The molecule has 0 saturated heterocycles. The van der Waals surface area contributed by atoms with E-state index in [2.05, 4.69) is 16.7 Å². The van der Waals surface area contributed by atoms with Crippen LogP contribution in [-0.2, 0) is 25.5 Å². The van der Waals surface area contributed by atoms with Gasteiger partial charge in [0.25, 0.3) is 5.91 Å². The van der Waals surface area contributed by atoms with E-state index in [4.69, 9.17) is 4.74 Å². The van der Waals surface area contributed by atoms with Gasteiger partial charge in [-0.15, -0.1) is 0 Å². The van der Waals surface area contributed by atoms with E-state index < -0.39 is 12.0 Å². The Balaban J connectivity index is 1.89. The van der Waals surface area contributed by atoms with Gasteiger partial charge >= 0.3 is 5.97 Å². The summed E-state index contributed by atoms with van der Waals surface area (Å²) in [5, 5.41) is 5.49. The summed E-state index contributed by atoms with van der Waals surface area (Å²) in [4.78, 5) is 35.4. The van der Waals surface area contributed by atoms with Crippen LogP contribution in [0.25, 0.3) is 0 Å². The fourth-order valence-corrected chi connectivity index (χ4v) is 3.08. The van der Waals surface area contributed by atoms with Crippen molar-refractivity contribution in [3.8, 4) is 0 Å². The van der Waals surface area contributed by atoms with E-state index in [9.17, 15) is 14.4 Å². The summed E-state index contributed by atoms with van der Waals surface area (Å²) in [5.74, 6) is -1.35. The Kier molecular flexibility index (Phi) is 6.56. The smallest absolute Gasteiger partial charge is 0.329 e. The molecule has 2 amide bonds. The number of amides is 2. The van der Waals surface area contributed by atoms with Crippen molar-refractivity contribution in [3.05, 3.63) is 35.4 Å². The van der Waals surface area contributed by atoms with Gasteiger partial charge in [-0.05, 0) is 36.3 Å². The number of hydrogen-bond acceptors (Lipinski definition) is 4. The van der Waals surface area contributed by atoms with E-state index >= 15 is 0 Å². The lowest BCUT2D eigenvalue weighted by atomic mass is 9.88. The summed E-state index contributed by atoms with van der Waals surface area (Å²) >= 11 is 0. The molecule has 6 heteroatoms. The molecule has 0 bridgehead atoms. The molecule has 0 aliphatic heterocycles. The summed E-state index contributed by atoms with van der Waals surface area (Å²) in [6.45, 7) is 4.61. The van der Waals surface area contributed by atoms with Crippen LogP contribution >= 0.6 is 0 Å². The zero-order valence-electron chi connectivity index (χ0n) is 15.0. The molecular weight excluding hydrogens is 320 g/mol. The maximum Gasteiger partial charge on any atom is 0.329 e. The average molecular weight is 346 g/mol. The van der Waals surface area contributed by atoms with Gasteiger partial charge in [-0.3, -0.25) is 9.59 Å². The number of esters is 1. The molecule has 1 aromatic rings.